The third-order valence-electron chi connectivity index (χ3n) is 5.03. The van der Waals surface area contributed by atoms with Crippen LogP contribution in [-0.2, 0) is 6.54 Å². The van der Waals surface area contributed by atoms with Gasteiger partial charge in [-0.1, -0.05) is 48.5 Å². The Bertz CT molecular complexity index is 797. The molecule has 0 atom stereocenters. The van der Waals surface area contributed by atoms with E-state index in [1.54, 1.807) is 0 Å². The topological polar surface area (TPSA) is 8.17 Å². The van der Waals surface area contributed by atoms with Gasteiger partial charge in [0.25, 0.3) is 0 Å². The molecule has 0 spiro atoms. The number of likely N-dealkylation sites (tertiary alicyclic amines) is 1. The van der Waals surface area contributed by atoms with Crippen LogP contribution in [0.2, 0.25) is 0 Å². The van der Waals surface area contributed by atoms with Gasteiger partial charge in [-0.05, 0) is 62.2 Å². The van der Waals surface area contributed by atoms with E-state index in [1.165, 1.54) is 54.1 Å². The van der Waals surface area contributed by atoms with Crippen molar-refractivity contribution in [2.24, 2.45) is 0 Å². The molecule has 1 aliphatic rings. The molecule has 2 heteroatoms. The van der Waals surface area contributed by atoms with E-state index in [4.69, 9.17) is 0 Å². The first-order valence-electron chi connectivity index (χ1n) is 8.87. The fourth-order valence-electron chi connectivity index (χ4n) is 3.73. The monoisotopic (exact) mass is 316 g/mol. The van der Waals surface area contributed by atoms with E-state index in [9.17, 15) is 0 Å². The smallest absolute Gasteiger partial charge is 0.0534 e. The number of benzene rings is 2. The van der Waals surface area contributed by atoms with E-state index in [0.29, 0.717) is 0 Å². The minimum Gasteiger partial charge on any atom is -0.314 e. The maximum atomic E-state index is 2.58. The lowest BCUT2D eigenvalue weighted by atomic mass is 10.1. The first kappa shape index (κ1) is 15.2. The molecule has 0 amide bonds. The summed E-state index contributed by atoms with van der Waals surface area (Å²) in [7, 11) is 0. The van der Waals surface area contributed by atoms with Crippen LogP contribution in [0.25, 0.3) is 16.9 Å². The van der Waals surface area contributed by atoms with Gasteiger partial charge in [0.05, 0.1) is 5.69 Å². The van der Waals surface area contributed by atoms with Gasteiger partial charge in [0.15, 0.2) is 0 Å². The molecule has 122 valence electrons. The average Bonchev–Trinajstić information content (AvgIpc) is 3.25. The van der Waals surface area contributed by atoms with Crippen LogP contribution in [0.5, 0.6) is 0 Å². The highest BCUT2D eigenvalue weighted by atomic mass is 15.1. The van der Waals surface area contributed by atoms with Gasteiger partial charge in [-0.15, -0.1) is 0 Å². The van der Waals surface area contributed by atoms with E-state index >= 15 is 0 Å². The van der Waals surface area contributed by atoms with Crippen LogP contribution in [0.1, 0.15) is 24.1 Å². The Morgan fingerprint density at radius 3 is 2.12 bits per heavy atom. The number of hydrogen-bond donors (Lipinski definition) is 0. The zero-order chi connectivity index (χ0) is 16.4. The molecule has 2 aromatic carbocycles. The van der Waals surface area contributed by atoms with Crippen molar-refractivity contribution in [1.82, 2.24) is 9.47 Å². The summed E-state index contributed by atoms with van der Waals surface area (Å²) in [6.45, 7) is 5.78. The zero-order valence-corrected chi connectivity index (χ0v) is 14.3. The SMILES string of the molecule is Cc1c(CN2CCCC2)cc(-c2ccccc2)n1-c1ccccc1. The van der Waals surface area contributed by atoms with E-state index in [0.717, 1.165) is 6.54 Å². The number of hydrogen-bond acceptors (Lipinski definition) is 1. The van der Waals surface area contributed by atoms with Gasteiger partial charge in [-0.25, -0.2) is 0 Å². The van der Waals surface area contributed by atoms with E-state index in [1.807, 2.05) is 0 Å². The maximum Gasteiger partial charge on any atom is 0.0534 e. The lowest BCUT2D eigenvalue weighted by Gasteiger charge is -2.15. The van der Waals surface area contributed by atoms with Crippen LogP contribution in [0.15, 0.2) is 66.7 Å². The highest BCUT2D eigenvalue weighted by Gasteiger charge is 2.18. The summed E-state index contributed by atoms with van der Waals surface area (Å²) < 4.78 is 2.40. The Balaban J connectivity index is 1.81. The first-order chi connectivity index (χ1) is 11.8. The molecule has 0 unspecified atom stereocenters. The molecule has 0 saturated carbocycles. The summed E-state index contributed by atoms with van der Waals surface area (Å²) in [5.41, 5.74) is 6.60. The summed E-state index contributed by atoms with van der Waals surface area (Å²) in [6, 6.07) is 23.8. The molecule has 0 aliphatic carbocycles. The molecule has 4 rings (SSSR count). The van der Waals surface area contributed by atoms with Crippen molar-refractivity contribution in [1.29, 1.82) is 0 Å². The Kier molecular flexibility index (Phi) is 4.22. The minimum atomic E-state index is 1.06. The number of aromatic nitrogens is 1. The molecule has 1 saturated heterocycles. The molecule has 24 heavy (non-hydrogen) atoms. The fraction of sp³-hybridized carbons (Fsp3) is 0.273. The molecule has 1 aliphatic heterocycles. The quantitative estimate of drug-likeness (QED) is 0.654. The average molecular weight is 316 g/mol. The number of rotatable bonds is 4. The van der Waals surface area contributed by atoms with Gasteiger partial charge >= 0.3 is 0 Å². The molecule has 1 aromatic heterocycles. The number of nitrogens with zero attached hydrogens (tertiary/aromatic N) is 2. The summed E-state index contributed by atoms with van der Waals surface area (Å²) in [6.07, 6.45) is 2.67. The summed E-state index contributed by atoms with van der Waals surface area (Å²) in [5, 5.41) is 0. The van der Waals surface area contributed by atoms with Crippen LogP contribution >= 0.6 is 0 Å². The standard InChI is InChI=1S/C22H24N2/c1-18-20(17-23-14-8-9-15-23)16-22(19-10-4-2-5-11-19)24(18)21-12-6-3-7-13-21/h2-7,10-13,16H,8-9,14-15,17H2,1H3. The summed E-state index contributed by atoms with van der Waals surface area (Å²) in [4.78, 5) is 2.58. The van der Waals surface area contributed by atoms with Crippen LogP contribution in [-0.4, -0.2) is 22.6 Å². The third-order valence-corrected chi connectivity index (χ3v) is 5.03. The van der Waals surface area contributed by atoms with Gasteiger partial charge < -0.3 is 4.57 Å². The van der Waals surface area contributed by atoms with Gasteiger partial charge in [-0.3, -0.25) is 4.90 Å². The van der Waals surface area contributed by atoms with Gasteiger partial charge in [0.2, 0.25) is 0 Å². The summed E-state index contributed by atoms with van der Waals surface area (Å²) in [5.74, 6) is 0. The maximum absolute atomic E-state index is 2.58. The molecule has 0 radical (unpaired) electrons. The highest BCUT2D eigenvalue weighted by molar-refractivity contribution is 5.65. The third kappa shape index (κ3) is 2.90. The van der Waals surface area contributed by atoms with Crippen LogP contribution < -0.4 is 0 Å². The van der Waals surface area contributed by atoms with Crippen molar-refractivity contribution >= 4 is 0 Å². The predicted octanol–water partition coefficient (Wildman–Crippen LogP) is 5.05. The second-order valence-corrected chi connectivity index (χ2v) is 6.66. The van der Waals surface area contributed by atoms with Crippen LogP contribution in [0.3, 0.4) is 0 Å². The van der Waals surface area contributed by atoms with Gasteiger partial charge in [0.1, 0.15) is 0 Å². The molecule has 0 bridgehead atoms. The Hall–Kier alpha value is -2.32. The van der Waals surface area contributed by atoms with Crippen molar-refractivity contribution < 1.29 is 0 Å². The van der Waals surface area contributed by atoms with Gasteiger partial charge in [-0.2, -0.15) is 0 Å². The Morgan fingerprint density at radius 1 is 0.833 bits per heavy atom. The molecule has 2 heterocycles. The Labute approximate surface area is 144 Å². The van der Waals surface area contributed by atoms with Gasteiger partial charge in [0, 0.05) is 17.9 Å². The first-order valence-corrected chi connectivity index (χ1v) is 8.87. The molecule has 1 fully saturated rings. The number of para-hydroxylation sites is 1. The van der Waals surface area contributed by atoms with Crippen LogP contribution in [0, 0.1) is 6.92 Å². The Morgan fingerprint density at radius 2 is 1.46 bits per heavy atom. The van der Waals surface area contributed by atoms with Crippen molar-refractivity contribution in [2.75, 3.05) is 13.1 Å². The van der Waals surface area contributed by atoms with E-state index in [-0.39, 0.29) is 0 Å². The van der Waals surface area contributed by atoms with Crippen molar-refractivity contribution in [3.63, 3.8) is 0 Å². The molecule has 0 N–H and O–H groups in total. The highest BCUT2D eigenvalue weighted by Crippen LogP contribution is 2.30. The molecular formula is C22H24N2. The largest absolute Gasteiger partial charge is 0.314 e. The van der Waals surface area contributed by atoms with Crippen LogP contribution in [0.4, 0.5) is 0 Å². The molecule has 2 nitrogen and oxygen atoms in total. The van der Waals surface area contributed by atoms with E-state index in [2.05, 4.69) is 83.1 Å². The van der Waals surface area contributed by atoms with Crippen molar-refractivity contribution in [3.05, 3.63) is 78.0 Å². The van der Waals surface area contributed by atoms with Crippen molar-refractivity contribution in [2.45, 2.75) is 26.3 Å². The fourth-order valence-corrected chi connectivity index (χ4v) is 3.73. The van der Waals surface area contributed by atoms with E-state index < -0.39 is 0 Å². The predicted molar refractivity (Wildman–Crippen MR) is 100 cm³/mol. The van der Waals surface area contributed by atoms with Crippen molar-refractivity contribution in [3.8, 4) is 16.9 Å². The lowest BCUT2D eigenvalue weighted by Crippen LogP contribution is -2.18. The lowest BCUT2D eigenvalue weighted by molar-refractivity contribution is 0.330. The second-order valence-electron chi connectivity index (χ2n) is 6.66. The summed E-state index contributed by atoms with van der Waals surface area (Å²) >= 11 is 0. The molecule has 3 aromatic rings. The second kappa shape index (κ2) is 6.66. The molecular weight excluding hydrogens is 292 g/mol. The zero-order valence-electron chi connectivity index (χ0n) is 14.3. The minimum absolute atomic E-state index is 1.06. The normalized spacial score (nSPS) is 15.0.